The highest BCUT2D eigenvalue weighted by Gasteiger charge is 2.43. The minimum absolute atomic E-state index is 0.137. The highest BCUT2D eigenvalue weighted by atomic mass is 32.1. The van der Waals surface area contributed by atoms with Crippen LogP contribution in [0.3, 0.4) is 0 Å². The van der Waals surface area contributed by atoms with Crippen LogP contribution in [-0.4, -0.2) is 23.9 Å². The zero-order chi connectivity index (χ0) is 22.6. The van der Waals surface area contributed by atoms with E-state index in [1.807, 2.05) is 6.07 Å². The Morgan fingerprint density at radius 2 is 1.70 bits per heavy atom. The molecule has 0 saturated heterocycles. The summed E-state index contributed by atoms with van der Waals surface area (Å²) in [6, 6.07) is 5.11. The van der Waals surface area contributed by atoms with Gasteiger partial charge in [0.05, 0.1) is 22.6 Å². The van der Waals surface area contributed by atoms with Crippen molar-refractivity contribution in [2.45, 2.75) is 37.7 Å². The molecule has 0 radical (unpaired) electrons. The van der Waals surface area contributed by atoms with E-state index in [0.717, 1.165) is 10.9 Å². The molecule has 0 amide bonds. The lowest BCUT2D eigenvalue weighted by atomic mass is 9.98. The highest BCUT2D eigenvalue weighted by Crippen LogP contribution is 2.41. The smallest absolute Gasteiger partial charge is 0.417 e. The summed E-state index contributed by atoms with van der Waals surface area (Å²) in [4.78, 5) is 1.70. The van der Waals surface area contributed by atoms with Gasteiger partial charge in [0.1, 0.15) is 12.4 Å². The molecule has 0 aliphatic carbocycles. The first-order valence-corrected chi connectivity index (χ1v) is 9.52. The molecule has 10 heteroatoms. The molecule has 30 heavy (non-hydrogen) atoms. The van der Waals surface area contributed by atoms with E-state index in [4.69, 9.17) is 15.6 Å². The van der Waals surface area contributed by atoms with Crippen molar-refractivity contribution in [1.82, 2.24) is 0 Å². The SMILES string of the molecule is CC(N)(CO)CCc1ccc(C#CCOc2ccc(C(F)(F)F)c(C(F)(F)F)c2)s1. The lowest BCUT2D eigenvalue weighted by Crippen LogP contribution is -2.40. The van der Waals surface area contributed by atoms with Gasteiger partial charge in [0.25, 0.3) is 0 Å². The van der Waals surface area contributed by atoms with E-state index in [0.29, 0.717) is 29.9 Å². The predicted octanol–water partition coefficient (Wildman–Crippen LogP) is 4.86. The van der Waals surface area contributed by atoms with Crippen LogP contribution in [0.5, 0.6) is 5.75 Å². The van der Waals surface area contributed by atoms with Crippen LogP contribution in [0.15, 0.2) is 30.3 Å². The lowest BCUT2D eigenvalue weighted by molar-refractivity contribution is -0.162. The first kappa shape index (κ1) is 24.1. The van der Waals surface area contributed by atoms with Crippen LogP contribution < -0.4 is 10.5 Å². The van der Waals surface area contributed by atoms with Gasteiger partial charge in [-0.15, -0.1) is 11.3 Å². The standard InChI is InChI=1S/C20H19F6NO2S/c1-18(27,12-28)9-8-15-6-5-14(30-15)3-2-10-29-13-4-7-16(19(21,22)23)17(11-13)20(24,25)26/h4-7,11,28H,8-10,12,27H2,1H3. The molecule has 1 aromatic heterocycles. The van der Waals surface area contributed by atoms with Gasteiger partial charge in [-0.2, -0.15) is 26.3 Å². The molecule has 0 fully saturated rings. The molecule has 0 aliphatic rings. The first-order valence-electron chi connectivity index (χ1n) is 8.70. The van der Waals surface area contributed by atoms with Crippen LogP contribution >= 0.6 is 11.3 Å². The van der Waals surface area contributed by atoms with Crippen molar-refractivity contribution in [2.75, 3.05) is 13.2 Å². The second-order valence-corrected chi connectivity index (χ2v) is 8.04. The highest BCUT2D eigenvalue weighted by molar-refractivity contribution is 7.12. The van der Waals surface area contributed by atoms with Crippen molar-refractivity contribution in [3.63, 3.8) is 0 Å². The molecule has 1 aromatic carbocycles. The molecule has 0 bridgehead atoms. The van der Waals surface area contributed by atoms with Crippen molar-refractivity contribution < 1.29 is 36.2 Å². The van der Waals surface area contributed by atoms with E-state index in [9.17, 15) is 26.3 Å². The Labute approximate surface area is 173 Å². The Kier molecular flexibility index (Phi) is 7.45. The van der Waals surface area contributed by atoms with Gasteiger partial charge in [-0.1, -0.05) is 11.8 Å². The van der Waals surface area contributed by atoms with Crippen LogP contribution in [0.1, 0.15) is 34.2 Å². The fourth-order valence-electron chi connectivity index (χ4n) is 2.40. The molecule has 2 aromatic rings. The summed E-state index contributed by atoms with van der Waals surface area (Å²) in [5, 5.41) is 9.16. The zero-order valence-corrected chi connectivity index (χ0v) is 16.6. The summed E-state index contributed by atoms with van der Waals surface area (Å²) in [6.45, 7) is 1.31. The number of aliphatic hydroxyl groups is 1. The summed E-state index contributed by atoms with van der Waals surface area (Å²) >= 11 is 1.40. The van der Waals surface area contributed by atoms with Crippen LogP contribution in [0.25, 0.3) is 0 Å². The molecule has 3 N–H and O–H groups in total. The number of thiophene rings is 1. The lowest BCUT2D eigenvalue weighted by Gasteiger charge is -2.20. The number of hydrogen-bond acceptors (Lipinski definition) is 4. The molecular weight excluding hydrogens is 432 g/mol. The van der Waals surface area contributed by atoms with Gasteiger partial charge in [-0.05, 0) is 50.1 Å². The minimum atomic E-state index is -5.17. The number of aryl methyl sites for hydroxylation is 1. The second kappa shape index (κ2) is 9.29. The van der Waals surface area contributed by atoms with E-state index >= 15 is 0 Å². The second-order valence-electron chi connectivity index (χ2n) is 6.87. The first-order chi connectivity index (χ1) is 13.8. The molecule has 0 spiro atoms. The number of rotatable bonds is 6. The van der Waals surface area contributed by atoms with Crippen LogP contribution in [0.4, 0.5) is 26.3 Å². The van der Waals surface area contributed by atoms with Crippen molar-refractivity contribution >= 4 is 11.3 Å². The number of halogens is 6. The number of benzene rings is 1. The Bertz CT molecular complexity index is 922. The molecule has 1 atom stereocenters. The molecule has 1 unspecified atom stereocenters. The molecule has 3 nitrogen and oxygen atoms in total. The van der Waals surface area contributed by atoms with Gasteiger partial charge < -0.3 is 15.6 Å². The average Bonchev–Trinajstić information content (AvgIpc) is 3.10. The van der Waals surface area contributed by atoms with Gasteiger partial charge in [-0.3, -0.25) is 0 Å². The van der Waals surface area contributed by atoms with Crippen molar-refractivity contribution in [3.05, 3.63) is 51.2 Å². The Balaban J connectivity index is 2.01. The van der Waals surface area contributed by atoms with Crippen LogP contribution in [0, 0.1) is 11.8 Å². The van der Waals surface area contributed by atoms with Crippen molar-refractivity contribution in [3.8, 4) is 17.6 Å². The quantitative estimate of drug-likeness (QED) is 0.487. The van der Waals surface area contributed by atoms with Crippen molar-refractivity contribution in [2.24, 2.45) is 5.73 Å². The number of ether oxygens (including phenoxy) is 1. The number of nitrogens with two attached hydrogens (primary N) is 1. The van der Waals surface area contributed by atoms with Gasteiger partial charge in [0, 0.05) is 10.4 Å². The fraction of sp³-hybridized carbons (Fsp3) is 0.400. The zero-order valence-electron chi connectivity index (χ0n) is 15.8. The minimum Gasteiger partial charge on any atom is -0.481 e. The summed E-state index contributed by atoms with van der Waals surface area (Å²) < 4.78 is 82.1. The van der Waals surface area contributed by atoms with Crippen LogP contribution in [-0.2, 0) is 18.8 Å². The third-order valence-corrected chi connectivity index (χ3v) is 5.15. The summed E-state index contributed by atoms with van der Waals surface area (Å²) in [5.41, 5.74) is 1.62. The summed E-state index contributed by atoms with van der Waals surface area (Å²) in [5.74, 6) is 5.05. The number of hydrogen-bond donors (Lipinski definition) is 2. The summed E-state index contributed by atoms with van der Waals surface area (Å²) in [7, 11) is 0. The van der Waals surface area contributed by atoms with Gasteiger partial charge >= 0.3 is 12.4 Å². The topological polar surface area (TPSA) is 55.5 Å². The van der Waals surface area contributed by atoms with E-state index < -0.39 is 29.0 Å². The maximum absolute atomic E-state index is 12.9. The van der Waals surface area contributed by atoms with Gasteiger partial charge in [0.15, 0.2) is 0 Å². The fourth-order valence-corrected chi connectivity index (χ4v) is 3.29. The number of aliphatic hydroxyl groups excluding tert-OH is 1. The van der Waals surface area contributed by atoms with E-state index in [1.165, 1.54) is 11.3 Å². The van der Waals surface area contributed by atoms with E-state index in [-0.39, 0.29) is 19.0 Å². The predicted molar refractivity (Wildman–Crippen MR) is 101 cm³/mol. The Hall–Kier alpha value is -2.22. The molecular formula is C20H19F6NO2S. The Morgan fingerprint density at radius 3 is 2.30 bits per heavy atom. The molecule has 0 saturated carbocycles. The van der Waals surface area contributed by atoms with E-state index in [2.05, 4.69) is 11.8 Å². The molecule has 164 valence electrons. The molecule has 1 heterocycles. The maximum Gasteiger partial charge on any atom is 0.417 e. The normalized spacial score (nSPS) is 14.0. The van der Waals surface area contributed by atoms with Crippen LogP contribution in [0.2, 0.25) is 0 Å². The van der Waals surface area contributed by atoms with Crippen molar-refractivity contribution in [1.29, 1.82) is 0 Å². The number of alkyl halides is 6. The third-order valence-electron chi connectivity index (χ3n) is 4.09. The average molecular weight is 451 g/mol. The third kappa shape index (κ3) is 6.93. The maximum atomic E-state index is 12.9. The largest absolute Gasteiger partial charge is 0.481 e. The molecule has 0 aliphatic heterocycles. The Morgan fingerprint density at radius 1 is 1.03 bits per heavy atom. The van der Waals surface area contributed by atoms with Gasteiger partial charge in [0.2, 0.25) is 0 Å². The van der Waals surface area contributed by atoms with Gasteiger partial charge in [-0.25, -0.2) is 0 Å². The summed E-state index contributed by atoms with van der Waals surface area (Å²) in [6.07, 6.45) is -9.06. The monoisotopic (exact) mass is 451 g/mol. The molecule has 2 rings (SSSR count). The van der Waals surface area contributed by atoms with E-state index in [1.54, 1.807) is 13.0 Å².